The van der Waals surface area contributed by atoms with Crippen molar-refractivity contribution in [2.75, 3.05) is 18.6 Å². The van der Waals surface area contributed by atoms with Crippen LogP contribution in [0.3, 0.4) is 0 Å². The number of anilines is 1. The summed E-state index contributed by atoms with van der Waals surface area (Å²) in [6, 6.07) is 14.2. The van der Waals surface area contributed by atoms with E-state index in [1.54, 1.807) is 30.2 Å². The zero-order chi connectivity index (χ0) is 15.2. The van der Waals surface area contributed by atoms with Gasteiger partial charge in [-0.15, -0.1) is 0 Å². The molecule has 0 saturated heterocycles. The number of phenols is 1. The first-order valence-corrected chi connectivity index (χ1v) is 6.87. The van der Waals surface area contributed by atoms with Crippen LogP contribution in [0, 0.1) is 0 Å². The van der Waals surface area contributed by atoms with Gasteiger partial charge in [0.1, 0.15) is 11.5 Å². The van der Waals surface area contributed by atoms with E-state index in [1.807, 2.05) is 37.3 Å². The van der Waals surface area contributed by atoms with Gasteiger partial charge in [0, 0.05) is 23.9 Å². The van der Waals surface area contributed by atoms with Crippen LogP contribution in [0.25, 0.3) is 0 Å². The highest BCUT2D eigenvalue weighted by Crippen LogP contribution is 2.23. The summed E-state index contributed by atoms with van der Waals surface area (Å²) < 4.78 is 5.27. The molecule has 0 spiro atoms. The smallest absolute Gasteiger partial charge is 0.231 e. The predicted octanol–water partition coefficient (Wildman–Crippen LogP) is 3.00. The first-order valence-electron chi connectivity index (χ1n) is 6.87. The van der Waals surface area contributed by atoms with Crippen LogP contribution in [0.1, 0.15) is 12.5 Å². The van der Waals surface area contributed by atoms with Gasteiger partial charge >= 0.3 is 0 Å². The molecule has 0 fully saturated rings. The maximum atomic E-state index is 12.5. The first-order chi connectivity index (χ1) is 10.2. The Balaban J connectivity index is 2.21. The number of amides is 1. The minimum atomic E-state index is -0.0346. The number of methoxy groups -OCH3 is 1. The molecule has 0 aliphatic carbocycles. The van der Waals surface area contributed by atoms with Crippen LogP contribution in [-0.4, -0.2) is 24.7 Å². The lowest BCUT2D eigenvalue weighted by atomic mass is 10.1. The van der Waals surface area contributed by atoms with Gasteiger partial charge in [0.15, 0.2) is 0 Å². The van der Waals surface area contributed by atoms with Crippen LogP contribution < -0.4 is 9.64 Å². The number of benzene rings is 2. The second-order valence-corrected chi connectivity index (χ2v) is 4.65. The van der Waals surface area contributed by atoms with Gasteiger partial charge < -0.3 is 14.7 Å². The van der Waals surface area contributed by atoms with Crippen LogP contribution in [0.15, 0.2) is 48.5 Å². The molecule has 4 nitrogen and oxygen atoms in total. The van der Waals surface area contributed by atoms with Crippen molar-refractivity contribution in [3.05, 3.63) is 54.1 Å². The molecule has 0 heterocycles. The molecule has 1 N–H and O–H groups in total. The number of hydrogen-bond acceptors (Lipinski definition) is 3. The SMILES string of the molecule is CCN(C(=O)Cc1ccccc1OC)c1cccc(O)c1. The van der Waals surface area contributed by atoms with Crippen molar-refractivity contribution in [3.63, 3.8) is 0 Å². The lowest BCUT2D eigenvalue weighted by Crippen LogP contribution is -2.32. The van der Waals surface area contributed by atoms with Crippen molar-refractivity contribution in [2.45, 2.75) is 13.3 Å². The molecule has 0 aromatic heterocycles. The van der Waals surface area contributed by atoms with E-state index in [9.17, 15) is 9.90 Å². The van der Waals surface area contributed by atoms with E-state index in [0.717, 1.165) is 5.56 Å². The molecule has 0 atom stereocenters. The molecular formula is C17H19NO3. The van der Waals surface area contributed by atoms with Crippen molar-refractivity contribution >= 4 is 11.6 Å². The minimum Gasteiger partial charge on any atom is -0.508 e. The lowest BCUT2D eigenvalue weighted by molar-refractivity contribution is -0.118. The van der Waals surface area contributed by atoms with Gasteiger partial charge in [0.2, 0.25) is 5.91 Å². The van der Waals surface area contributed by atoms with Crippen molar-refractivity contribution in [3.8, 4) is 11.5 Å². The summed E-state index contributed by atoms with van der Waals surface area (Å²) in [7, 11) is 1.59. The van der Waals surface area contributed by atoms with E-state index in [4.69, 9.17) is 4.74 Å². The standard InChI is InChI=1S/C17H19NO3/c1-3-18(14-8-6-9-15(19)12-14)17(20)11-13-7-4-5-10-16(13)21-2/h4-10,12,19H,3,11H2,1-2H3. The number of nitrogens with zero attached hydrogens (tertiary/aromatic N) is 1. The van der Waals surface area contributed by atoms with Gasteiger partial charge in [-0.1, -0.05) is 24.3 Å². The number of rotatable bonds is 5. The van der Waals surface area contributed by atoms with E-state index in [0.29, 0.717) is 18.0 Å². The Morgan fingerprint density at radius 1 is 1.19 bits per heavy atom. The molecule has 0 bridgehead atoms. The van der Waals surface area contributed by atoms with Crippen molar-refractivity contribution in [1.29, 1.82) is 0 Å². The van der Waals surface area contributed by atoms with Crippen LogP contribution in [0.2, 0.25) is 0 Å². The number of para-hydroxylation sites is 1. The highest BCUT2D eigenvalue weighted by Gasteiger charge is 2.16. The average Bonchev–Trinajstić information content (AvgIpc) is 2.48. The summed E-state index contributed by atoms with van der Waals surface area (Å²) in [6.07, 6.45) is 0.257. The molecule has 2 aromatic carbocycles. The number of hydrogen-bond donors (Lipinski definition) is 1. The Kier molecular flexibility index (Phi) is 4.82. The molecule has 1 amide bonds. The highest BCUT2D eigenvalue weighted by molar-refractivity contribution is 5.95. The zero-order valence-electron chi connectivity index (χ0n) is 12.2. The fraction of sp³-hybridized carbons (Fsp3) is 0.235. The summed E-state index contributed by atoms with van der Waals surface area (Å²) >= 11 is 0. The molecular weight excluding hydrogens is 266 g/mol. The van der Waals surface area contributed by atoms with Gasteiger partial charge in [0.05, 0.1) is 13.5 Å². The summed E-state index contributed by atoms with van der Waals surface area (Å²) in [5, 5.41) is 9.55. The van der Waals surface area contributed by atoms with E-state index in [1.165, 1.54) is 0 Å². The maximum Gasteiger partial charge on any atom is 0.231 e. The van der Waals surface area contributed by atoms with E-state index < -0.39 is 0 Å². The topological polar surface area (TPSA) is 49.8 Å². The average molecular weight is 285 g/mol. The first kappa shape index (κ1) is 14.9. The fourth-order valence-corrected chi connectivity index (χ4v) is 2.27. The number of carbonyl (C=O) groups excluding carboxylic acids is 1. The second-order valence-electron chi connectivity index (χ2n) is 4.65. The number of ether oxygens (including phenoxy) is 1. The van der Waals surface area contributed by atoms with Gasteiger partial charge in [-0.05, 0) is 25.1 Å². The molecule has 2 rings (SSSR count). The van der Waals surface area contributed by atoms with Crippen LogP contribution in [0.5, 0.6) is 11.5 Å². The molecule has 0 aliphatic heterocycles. The highest BCUT2D eigenvalue weighted by atomic mass is 16.5. The van der Waals surface area contributed by atoms with Crippen LogP contribution >= 0.6 is 0 Å². The third-order valence-corrected chi connectivity index (χ3v) is 3.29. The Bertz CT molecular complexity index is 625. The molecule has 21 heavy (non-hydrogen) atoms. The van der Waals surface area contributed by atoms with E-state index in [2.05, 4.69) is 0 Å². The largest absolute Gasteiger partial charge is 0.508 e. The quantitative estimate of drug-likeness (QED) is 0.918. The predicted molar refractivity (Wildman–Crippen MR) is 82.8 cm³/mol. The number of likely N-dealkylation sites (N-methyl/N-ethyl adjacent to an activating group) is 1. The van der Waals surface area contributed by atoms with Gasteiger partial charge in [0.25, 0.3) is 0 Å². The summed E-state index contributed by atoms with van der Waals surface area (Å²) in [4.78, 5) is 14.2. The molecule has 0 radical (unpaired) electrons. The minimum absolute atomic E-state index is 0.0346. The number of aromatic hydroxyl groups is 1. The maximum absolute atomic E-state index is 12.5. The van der Waals surface area contributed by atoms with Crippen LogP contribution in [-0.2, 0) is 11.2 Å². The van der Waals surface area contributed by atoms with Crippen molar-refractivity contribution in [2.24, 2.45) is 0 Å². The Morgan fingerprint density at radius 2 is 1.95 bits per heavy atom. The second kappa shape index (κ2) is 6.79. The lowest BCUT2D eigenvalue weighted by Gasteiger charge is -2.21. The van der Waals surface area contributed by atoms with Gasteiger partial charge in [-0.25, -0.2) is 0 Å². The molecule has 0 aliphatic rings. The number of phenolic OH excluding ortho intramolecular Hbond substituents is 1. The third-order valence-electron chi connectivity index (χ3n) is 3.29. The van der Waals surface area contributed by atoms with Gasteiger partial charge in [-0.2, -0.15) is 0 Å². The van der Waals surface area contributed by atoms with Crippen molar-refractivity contribution in [1.82, 2.24) is 0 Å². The normalized spacial score (nSPS) is 10.2. The van der Waals surface area contributed by atoms with Crippen molar-refractivity contribution < 1.29 is 14.6 Å². The van der Waals surface area contributed by atoms with Crippen LogP contribution in [0.4, 0.5) is 5.69 Å². The van der Waals surface area contributed by atoms with Gasteiger partial charge in [-0.3, -0.25) is 4.79 Å². The van der Waals surface area contributed by atoms with E-state index >= 15 is 0 Å². The monoisotopic (exact) mass is 285 g/mol. The molecule has 2 aromatic rings. The Hall–Kier alpha value is -2.49. The fourth-order valence-electron chi connectivity index (χ4n) is 2.27. The molecule has 0 saturated carbocycles. The molecule has 110 valence electrons. The zero-order valence-corrected chi connectivity index (χ0v) is 12.2. The Labute approximate surface area is 124 Å². The summed E-state index contributed by atoms with van der Waals surface area (Å²) in [6.45, 7) is 2.45. The summed E-state index contributed by atoms with van der Waals surface area (Å²) in [5.74, 6) is 0.821. The third kappa shape index (κ3) is 3.54. The Morgan fingerprint density at radius 3 is 2.62 bits per heavy atom. The van der Waals surface area contributed by atoms with E-state index in [-0.39, 0.29) is 18.1 Å². The number of carbonyl (C=O) groups is 1. The molecule has 0 unspecified atom stereocenters. The molecule has 4 heteroatoms. The summed E-state index contributed by atoms with van der Waals surface area (Å²) in [5.41, 5.74) is 1.54.